The molecule has 1 aromatic rings. The van der Waals surface area contributed by atoms with Gasteiger partial charge in [0.25, 0.3) is 0 Å². The van der Waals surface area contributed by atoms with Crippen LogP contribution in [0.3, 0.4) is 0 Å². The fourth-order valence-electron chi connectivity index (χ4n) is 3.33. The van der Waals surface area contributed by atoms with E-state index in [0.29, 0.717) is 6.04 Å². The molecular formula is C17H25NO. The maximum Gasteiger partial charge on any atom is 0.179 e. The Bertz CT molecular complexity index is 395. The fourth-order valence-corrected chi connectivity index (χ4v) is 3.33. The molecule has 0 heterocycles. The van der Waals surface area contributed by atoms with Crippen molar-refractivity contribution in [1.82, 2.24) is 4.90 Å². The van der Waals surface area contributed by atoms with E-state index in [4.69, 9.17) is 0 Å². The summed E-state index contributed by atoms with van der Waals surface area (Å²) in [5.74, 6) is 0.289. The van der Waals surface area contributed by atoms with Crippen LogP contribution in [0.15, 0.2) is 30.3 Å². The van der Waals surface area contributed by atoms with Crippen molar-refractivity contribution < 1.29 is 4.79 Å². The second-order valence-corrected chi connectivity index (χ2v) is 5.42. The lowest BCUT2D eigenvalue weighted by molar-refractivity contribution is 0.0738. The Morgan fingerprint density at radius 3 is 2.37 bits per heavy atom. The normalized spacial score (nSPS) is 17.8. The minimum Gasteiger partial charge on any atom is -0.292 e. The Labute approximate surface area is 116 Å². The lowest BCUT2D eigenvalue weighted by Crippen LogP contribution is -2.46. The summed E-state index contributed by atoms with van der Waals surface area (Å²) in [5.41, 5.74) is 0.853. The highest BCUT2D eigenvalue weighted by Gasteiger charge is 2.31. The fraction of sp³-hybridized carbons (Fsp3) is 0.588. The van der Waals surface area contributed by atoms with Crippen molar-refractivity contribution >= 4 is 5.78 Å². The van der Waals surface area contributed by atoms with Gasteiger partial charge in [-0.3, -0.25) is 9.69 Å². The van der Waals surface area contributed by atoms with E-state index in [9.17, 15) is 4.79 Å². The first-order valence-electron chi connectivity index (χ1n) is 7.63. The highest BCUT2D eigenvalue weighted by Crippen LogP contribution is 2.27. The zero-order valence-electron chi connectivity index (χ0n) is 12.1. The summed E-state index contributed by atoms with van der Waals surface area (Å²) in [6.07, 6.45) is 6.05. The number of ketones is 1. The van der Waals surface area contributed by atoms with Gasteiger partial charge in [0, 0.05) is 11.6 Å². The summed E-state index contributed by atoms with van der Waals surface area (Å²) in [6.45, 7) is 5.28. The molecule has 0 amide bonds. The van der Waals surface area contributed by atoms with Crippen molar-refractivity contribution in [2.75, 3.05) is 6.54 Å². The van der Waals surface area contributed by atoms with Gasteiger partial charge in [-0.1, -0.05) is 57.0 Å². The van der Waals surface area contributed by atoms with Crippen LogP contribution >= 0.6 is 0 Å². The van der Waals surface area contributed by atoms with Crippen molar-refractivity contribution in [3.63, 3.8) is 0 Å². The summed E-state index contributed by atoms with van der Waals surface area (Å²) in [7, 11) is 0. The Morgan fingerprint density at radius 2 is 1.84 bits per heavy atom. The van der Waals surface area contributed by atoms with E-state index in [1.807, 2.05) is 30.3 Å². The van der Waals surface area contributed by atoms with E-state index in [1.165, 1.54) is 25.7 Å². The Morgan fingerprint density at radius 1 is 1.21 bits per heavy atom. The molecule has 1 unspecified atom stereocenters. The molecule has 2 heteroatoms. The Balaban J connectivity index is 2.15. The minimum atomic E-state index is 0.0514. The van der Waals surface area contributed by atoms with Crippen LogP contribution in [-0.2, 0) is 0 Å². The van der Waals surface area contributed by atoms with Gasteiger partial charge in [0.15, 0.2) is 5.78 Å². The third kappa shape index (κ3) is 3.24. The number of rotatable bonds is 6. The summed E-state index contributed by atoms with van der Waals surface area (Å²) in [6, 6.07) is 10.4. The molecule has 0 N–H and O–H groups in total. The Kier molecular flexibility index (Phi) is 5.15. The number of hydrogen-bond donors (Lipinski definition) is 0. The van der Waals surface area contributed by atoms with Crippen molar-refractivity contribution in [3.05, 3.63) is 35.9 Å². The molecule has 0 radical (unpaired) electrons. The van der Waals surface area contributed by atoms with Gasteiger partial charge in [0.05, 0.1) is 6.04 Å². The molecule has 104 valence electrons. The van der Waals surface area contributed by atoms with Crippen molar-refractivity contribution in [3.8, 4) is 0 Å². The quantitative estimate of drug-likeness (QED) is 0.722. The maximum atomic E-state index is 12.7. The van der Waals surface area contributed by atoms with Crippen molar-refractivity contribution in [2.24, 2.45) is 0 Å². The van der Waals surface area contributed by atoms with Gasteiger partial charge >= 0.3 is 0 Å². The molecule has 0 bridgehead atoms. The average molecular weight is 259 g/mol. The van der Waals surface area contributed by atoms with Gasteiger partial charge in [-0.15, -0.1) is 0 Å². The van der Waals surface area contributed by atoms with E-state index in [0.717, 1.165) is 18.5 Å². The molecule has 2 rings (SSSR count). The first kappa shape index (κ1) is 14.3. The molecule has 1 aliphatic carbocycles. The predicted molar refractivity (Wildman–Crippen MR) is 79.5 cm³/mol. The lowest BCUT2D eigenvalue weighted by Gasteiger charge is -2.34. The molecule has 19 heavy (non-hydrogen) atoms. The summed E-state index contributed by atoms with van der Waals surface area (Å²) in [4.78, 5) is 15.1. The van der Waals surface area contributed by atoms with Crippen LogP contribution in [0.4, 0.5) is 0 Å². The zero-order chi connectivity index (χ0) is 13.7. The van der Waals surface area contributed by atoms with E-state index in [2.05, 4.69) is 18.7 Å². The third-order valence-electron chi connectivity index (χ3n) is 4.31. The molecular weight excluding hydrogens is 234 g/mol. The predicted octanol–water partition coefficient (Wildman–Crippen LogP) is 3.91. The second-order valence-electron chi connectivity index (χ2n) is 5.42. The van der Waals surface area contributed by atoms with Gasteiger partial charge in [-0.25, -0.2) is 0 Å². The molecule has 1 fully saturated rings. The van der Waals surface area contributed by atoms with Gasteiger partial charge in [0.1, 0.15) is 0 Å². The highest BCUT2D eigenvalue weighted by atomic mass is 16.1. The number of hydrogen-bond acceptors (Lipinski definition) is 2. The molecule has 1 saturated carbocycles. The lowest BCUT2D eigenvalue weighted by atomic mass is 9.98. The monoisotopic (exact) mass is 259 g/mol. The van der Waals surface area contributed by atoms with E-state index in [-0.39, 0.29) is 11.8 Å². The van der Waals surface area contributed by atoms with Crippen LogP contribution in [0.2, 0.25) is 0 Å². The highest BCUT2D eigenvalue weighted by molar-refractivity contribution is 6.00. The van der Waals surface area contributed by atoms with E-state index >= 15 is 0 Å². The third-order valence-corrected chi connectivity index (χ3v) is 4.31. The topological polar surface area (TPSA) is 20.3 Å². The average Bonchev–Trinajstić information content (AvgIpc) is 2.98. The van der Waals surface area contributed by atoms with Gasteiger partial charge in [-0.2, -0.15) is 0 Å². The van der Waals surface area contributed by atoms with Crippen LogP contribution in [0.1, 0.15) is 56.3 Å². The van der Waals surface area contributed by atoms with Crippen LogP contribution in [0.25, 0.3) is 0 Å². The van der Waals surface area contributed by atoms with E-state index in [1.54, 1.807) is 0 Å². The van der Waals surface area contributed by atoms with Crippen LogP contribution in [0.5, 0.6) is 0 Å². The largest absolute Gasteiger partial charge is 0.292 e. The van der Waals surface area contributed by atoms with Crippen LogP contribution in [0, 0.1) is 0 Å². The smallest absolute Gasteiger partial charge is 0.179 e. The van der Waals surface area contributed by atoms with Crippen molar-refractivity contribution in [1.29, 1.82) is 0 Å². The maximum absolute atomic E-state index is 12.7. The second kappa shape index (κ2) is 6.85. The number of Topliss-reactive ketones (excluding diaryl/α,β-unsaturated/α-hetero) is 1. The minimum absolute atomic E-state index is 0.0514. The molecule has 0 aromatic heterocycles. The SMILES string of the molecule is CCC(C(=O)c1ccccc1)N(CC)C1CCCC1. The van der Waals surface area contributed by atoms with Crippen LogP contribution < -0.4 is 0 Å². The molecule has 0 aliphatic heterocycles. The summed E-state index contributed by atoms with van der Waals surface area (Å²) >= 11 is 0. The molecule has 2 nitrogen and oxygen atoms in total. The summed E-state index contributed by atoms with van der Waals surface area (Å²) in [5, 5.41) is 0. The van der Waals surface area contributed by atoms with Crippen LogP contribution in [-0.4, -0.2) is 29.3 Å². The number of benzene rings is 1. The Hall–Kier alpha value is -1.15. The molecule has 0 spiro atoms. The first-order valence-corrected chi connectivity index (χ1v) is 7.63. The molecule has 1 aliphatic rings. The van der Waals surface area contributed by atoms with Gasteiger partial charge in [-0.05, 0) is 25.8 Å². The molecule has 0 saturated heterocycles. The van der Waals surface area contributed by atoms with Crippen molar-refractivity contribution in [2.45, 2.75) is 58.0 Å². The number of nitrogens with zero attached hydrogens (tertiary/aromatic N) is 1. The number of likely N-dealkylation sites (N-methyl/N-ethyl adjacent to an activating group) is 1. The number of carbonyl (C=O) groups is 1. The van der Waals surface area contributed by atoms with Gasteiger partial charge < -0.3 is 0 Å². The zero-order valence-corrected chi connectivity index (χ0v) is 12.1. The standard InChI is InChI=1S/C17H25NO/c1-3-16(17(19)14-10-6-5-7-11-14)18(4-2)15-12-8-9-13-15/h5-7,10-11,15-16H,3-4,8-9,12-13H2,1-2H3. The summed E-state index contributed by atoms with van der Waals surface area (Å²) < 4.78 is 0. The van der Waals surface area contributed by atoms with E-state index < -0.39 is 0 Å². The number of carbonyl (C=O) groups excluding carboxylic acids is 1. The molecule has 1 aromatic carbocycles. The van der Waals surface area contributed by atoms with Gasteiger partial charge in [0.2, 0.25) is 0 Å². The first-order chi connectivity index (χ1) is 9.27. The molecule has 1 atom stereocenters.